The number of carbonyl (C=O) groups is 1. The Kier molecular flexibility index (Phi) is 8.46. The van der Waals surface area contributed by atoms with Gasteiger partial charge in [0.15, 0.2) is 0 Å². The first-order chi connectivity index (χ1) is 18.0. The quantitative estimate of drug-likeness (QED) is 0.237. The van der Waals surface area contributed by atoms with Gasteiger partial charge in [0.2, 0.25) is 5.89 Å². The third-order valence-corrected chi connectivity index (χ3v) is 6.18. The molecule has 4 rings (SSSR count). The highest BCUT2D eigenvalue weighted by Crippen LogP contribution is 2.26. The fourth-order valence-corrected chi connectivity index (χ4v) is 4.01. The number of hydrogen-bond donors (Lipinski definition) is 0. The molecule has 192 valence electrons. The summed E-state index contributed by atoms with van der Waals surface area (Å²) >= 11 is 0. The number of aromatic nitrogens is 1. The van der Waals surface area contributed by atoms with Crippen LogP contribution in [-0.4, -0.2) is 36.2 Å². The van der Waals surface area contributed by atoms with Gasteiger partial charge in [-0.15, -0.1) is 0 Å². The number of benzene rings is 3. The molecule has 3 aromatic carbocycles. The van der Waals surface area contributed by atoms with E-state index in [-0.39, 0.29) is 6.04 Å². The molecule has 7 heteroatoms. The topological polar surface area (TPSA) is 74.0 Å². The molecule has 0 bridgehead atoms. The van der Waals surface area contributed by atoms with Crippen molar-refractivity contribution in [2.24, 2.45) is 0 Å². The molecule has 7 nitrogen and oxygen atoms in total. The molecule has 0 aliphatic heterocycles. The minimum atomic E-state index is -0.405. The van der Waals surface area contributed by atoms with Gasteiger partial charge in [-0.2, -0.15) is 0 Å². The van der Waals surface area contributed by atoms with E-state index in [1.54, 1.807) is 36.3 Å². The van der Waals surface area contributed by atoms with Crippen molar-refractivity contribution in [1.29, 1.82) is 0 Å². The minimum Gasteiger partial charge on any atom is -0.497 e. The van der Waals surface area contributed by atoms with Crippen LogP contribution in [0.15, 0.2) is 83.3 Å². The first-order valence-corrected chi connectivity index (χ1v) is 12.4. The summed E-state index contributed by atoms with van der Waals surface area (Å²) < 4.78 is 22.6. The molecule has 0 fully saturated rings. The summed E-state index contributed by atoms with van der Waals surface area (Å²) in [5, 5.41) is 0. The third-order valence-electron chi connectivity index (χ3n) is 6.18. The number of ether oxygens (including phenoxy) is 3. The summed E-state index contributed by atoms with van der Waals surface area (Å²) in [6.07, 6.45) is 0.211. The van der Waals surface area contributed by atoms with Gasteiger partial charge >= 0.3 is 6.09 Å². The number of hydrogen-bond acceptors (Lipinski definition) is 6. The maximum absolute atomic E-state index is 12.8. The second-order valence-corrected chi connectivity index (χ2v) is 8.57. The Labute approximate surface area is 217 Å². The number of methoxy groups -OCH3 is 1. The van der Waals surface area contributed by atoms with E-state index >= 15 is 0 Å². The second-order valence-electron chi connectivity index (χ2n) is 8.57. The highest BCUT2D eigenvalue weighted by Gasteiger charge is 2.22. The average Bonchev–Trinajstić information content (AvgIpc) is 3.30. The molecule has 4 aromatic rings. The summed E-state index contributed by atoms with van der Waals surface area (Å²) in [6, 6.07) is 24.4. The molecule has 1 aromatic heterocycles. The second kappa shape index (κ2) is 12.1. The van der Waals surface area contributed by atoms with E-state index < -0.39 is 6.09 Å². The van der Waals surface area contributed by atoms with E-state index in [2.05, 4.69) is 4.98 Å². The summed E-state index contributed by atoms with van der Waals surface area (Å²) in [4.78, 5) is 19.0. The van der Waals surface area contributed by atoms with Crippen LogP contribution in [-0.2, 0) is 6.42 Å². The van der Waals surface area contributed by atoms with Crippen molar-refractivity contribution < 1.29 is 23.4 Å². The van der Waals surface area contributed by atoms with E-state index in [9.17, 15) is 4.79 Å². The van der Waals surface area contributed by atoms with Crippen LogP contribution >= 0.6 is 0 Å². The normalized spacial score (nSPS) is 11.6. The standard InChI is InChI=1S/C30H32N2O5/c1-5-32(30(33)36-27-17-15-25(34-4)16-18-27)22(3)23-11-13-26(14-12-23)35-20-19-28-21(2)31-29(37-28)24-9-7-6-8-10-24/h6-18,22H,5,19-20H2,1-4H3/t22-/m0/s1. The highest BCUT2D eigenvalue weighted by atomic mass is 16.6. The highest BCUT2D eigenvalue weighted by molar-refractivity contribution is 5.71. The molecule has 0 saturated heterocycles. The fraction of sp³-hybridized carbons (Fsp3) is 0.267. The molecule has 0 radical (unpaired) electrons. The largest absolute Gasteiger partial charge is 0.497 e. The van der Waals surface area contributed by atoms with E-state index in [0.29, 0.717) is 37.0 Å². The lowest BCUT2D eigenvalue weighted by atomic mass is 10.1. The Hall–Kier alpha value is -4.26. The minimum absolute atomic E-state index is 0.168. The summed E-state index contributed by atoms with van der Waals surface area (Å²) in [6.45, 7) is 6.83. The lowest BCUT2D eigenvalue weighted by molar-refractivity contribution is 0.138. The van der Waals surface area contributed by atoms with Crippen molar-refractivity contribution in [3.63, 3.8) is 0 Å². The van der Waals surface area contributed by atoms with Gasteiger partial charge in [0.25, 0.3) is 0 Å². The molecule has 1 heterocycles. The summed E-state index contributed by atoms with van der Waals surface area (Å²) in [7, 11) is 1.59. The van der Waals surface area contributed by atoms with Crippen molar-refractivity contribution in [1.82, 2.24) is 9.88 Å². The fourth-order valence-electron chi connectivity index (χ4n) is 4.01. The SMILES string of the molecule is CCN(C(=O)Oc1ccc(OC)cc1)[C@@H](C)c1ccc(OCCc2oc(-c3ccccc3)nc2C)cc1. The van der Waals surface area contributed by atoms with Gasteiger partial charge in [0, 0.05) is 18.5 Å². The maximum Gasteiger partial charge on any atom is 0.415 e. The zero-order valence-electron chi connectivity index (χ0n) is 21.6. The van der Waals surface area contributed by atoms with Gasteiger partial charge in [-0.25, -0.2) is 9.78 Å². The molecular weight excluding hydrogens is 468 g/mol. The van der Waals surface area contributed by atoms with E-state index in [4.69, 9.17) is 18.6 Å². The zero-order valence-corrected chi connectivity index (χ0v) is 21.6. The van der Waals surface area contributed by atoms with Crippen LogP contribution < -0.4 is 14.2 Å². The third kappa shape index (κ3) is 6.50. The molecule has 0 saturated carbocycles. The molecular formula is C30H32N2O5. The predicted molar refractivity (Wildman–Crippen MR) is 142 cm³/mol. The molecule has 37 heavy (non-hydrogen) atoms. The van der Waals surface area contributed by atoms with E-state index in [1.807, 2.05) is 75.4 Å². The van der Waals surface area contributed by atoms with E-state index in [1.165, 1.54) is 0 Å². The smallest absolute Gasteiger partial charge is 0.415 e. The Morgan fingerprint density at radius 3 is 2.24 bits per heavy atom. The molecule has 0 spiro atoms. The van der Waals surface area contributed by atoms with Crippen LogP contribution in [0.5, 0.6) is 17.2 Å². The summed E-state index contributed by atoms with van der Waals surface area (Å²) in [5.74, 6) is 3.37. The van der Waals surface area contributed by atoms with Crippen molar-refractivity contribution in [2.75, 3.05) is 20.3 Å². The average molecular weight is 501 g/mol. The molecule has 0 aliphatic rings. The number of nitrogens with zero attached hydrogens (tertiary/aromatic N) is 2. The Bertz CT molecular complexity index is 1280. The number of rotatable bonds is 10. The lowest BCUT2D eigenvalue weighted by Gasteiger charge is -2.27. The van der Waals surface area contributed by atoms with Crippen LogP contribution in [0.3, 0.4) is 0 Å². The number of aryl methyl sites for hydroxylation is 1. The van der Waals surface area contributed by atoms with Crippen molar-refractivity contribution in [2.45, 2.75) is 33.2 Å². The van der Waals surface area contributed by atoms with Gasteiger partial charge in [0.05, 0.1) is 25.5 Å². The maximum atomic E-state index is 12.8. The zero-order chi connectivity index (χ0) is 26.2. The molecule has 0 aliphatic carbocycles. The predicted octanol–water partition coefficient (Wildman–Crippen LogP) is 6.86. The van der Waals surface area contributed by atoms with Crippen LogP contribution in [0, 0.1) is 6.92 Å². The van der Waals surface area contributed by atoms with Crippen LogP contribution in [0.1, 0.15) is 36.9 Å². The van der Waals surface area contributed by atoms with Crippen molar-refractivity contribution in [3.8, 4) is 28.7 Å². The number of amides is 1. The van der Waals surface area contributed by atoms with Gasteiger partial charge in [-0.1, -0.05) is 30.3 Å². The van der Waals surface area contributed by atoms with E-state index in [0.717, 1.165) is 28.3 Å². The first-order valence-electron chi connectivity index (χ1n) is 12.4. The van der Waals surface area contributed by atoms with Gasteiger partial charge in [-0.05, 0) is 74.9 Å². The first kappa shape index (κ1) is 25.8. The van der Waals surface area contributed by atoms with Crippen LogP contribution in [0.2, 0.25) is 0 Å². The molecule has 1 amide bonds. The van der Waals surface area contributed by atoms with Crippen molar-refractivity contribution >= 4 is 6.09 Å². The molecule has 0 N–H and O–H groups in total. The monoisotopic (exact) mass is 500 g/mol. The Balaban J connectivity index is 1.31. The van der Waals surface area contributed by atoms with Gasteiger partial charge in [0.1, 0.15) is 23.0 Å². The lowest BCUT2D eigenvalue weighted by Crippen LogP contribution is -2.35. The Morgan fingerprint density at radius 2 is 1.59 bits per heavy atom. The Morgan fingerprint density at radius 1 is 0.946 bits per heavy atom. The van der Waals surface area contributed by atoms with Gasteiger partial charge in [-0.3, -0.25) is 0 Å². The molecule has 0 unspecified atom stereocenters. The molecule has 1 atom stereocenters. The summed E-state index contributed by atoms with van der Waals surface area (Å²) in [5.41, 5.74) is 2.81. The van der Waals surface area contributed by atoms with Crippen LogP contribution in [0.25, 0.3) is 11.5 Å². The van der Waals surface area contributed by atoms with Crippen molar-refractivity contribution in [3.05, 3.63) is 95.9 Å². The number of carbonyl (C=O) groups excluding carboxylic acids is 1. The van der Waals surface area contributed by atoms with Crippen LogP contribution in [0.4, 0.5) is 4.79 Å². The number of oxazole rings is 1. The van der Waals surface area contributed by atoms with Gasteiger partial charge < -0.3 is 23.5 Å².